The van der Waals surface area contributed by atoms with Gasteiger partial charge in [-0.2, -0.15) is 0 Å². The highest BCUT2D eigenvalue weighted by Gasteiger charge is 2.16. The summed E-state index contributed by atoms with van der Waals surface area (Å²) in [6.07, 6.45) is 1.65. The third-order valence-corrected chi connectivity index (χ3v) is 3.09. The van der Waals surface area contributed by atoms with Crippen molar-refractivity contribution in [3.05, 3.63) is 65.6 Å². The molecule has 0 atom stereocenters. The van der Waals surface area contributed by atoms with Gasteiger partial charge in [-0.15, -0.1) is 0 Å². The lowest BCUT2D eigenvalue weighted by molar-refractivity contribution is 0.104. The molecule has 3 N–H and O–H groups in total. The van der Waals surface area contributed by atoms with Crippen molar-refractivity contribution in [3.63, 3.8) is 0 Å². The number of halogens is 1. The molecule has 0 fully saturated rings. The van der Waals surface area contributed by atoms with Gasteiger partial charge in [0.15, 0.2) is 5.78 Å². The van der Waals surface area contributed by atoms with Crippen molar-refractivity contribution in [3.8, 4) is 0 Å². The molecule has 1 heterocycles. The van der Waals surface area contributed by atoms with E-state index in [0.29, 0.717) is 11.1 Å². The first-order valence-electron chi connectivity index (χ1n) is 5.82. The Balaban J connectivity index is 2.13. The highest BCUT2D eigenvalue weighted by molar-refractivity contribution is 6.18. The molecule has 2 aromatic carbocycles. The van der Waals surface area contributed by atoms with Crippen LogP contribution < -0.4 is 5.73 Å². The number of aromatic nitrogens is 1. The van der Waals surface area contributed by atoms with E-state index in [-0.39, 0.29) is 11.5 Å². The van der Waals surface area contributed by atoms with Crippen LogP contribution in [-0.2, 0) is 0 Å². The average Bonchev–Trinajstić information content (AvgIpc) is 2.82. The molecule has 0 saturated heterocycles. The van der Waals surface area contributed by atoms with Crippen LogP contribution in [0.5, 0.6) is 0 Å². The zero-order valence-electron chi connectivity index (χ0n) is 9.98. The molecule has 3 aromatic rings. The Morgan fingerprint density at radius 2 is 1.89 bits per heavy atom. The number of benzene rings is 2. The van der Waals surface area contributed by atoms with Crippen LogP contribution in [0, 0.1) is 5.82 Å². The van der Waals surface area contributed by atoms with Gasteiger partial charge in [-0.05, 0) is 24.3 Å². The number of nitrogens with one attached hydrogen (secondary N) is 1. The summed E-state index contributed by atoms with van der Waals surface area (Å²) in [7, 11) is 0. The van der Waals surface area contributed by atoms with Gasteiger partial charge < -0.3 is 10.7 Å². The number of hydrogen-bond acceptors (Lipinski definition) is 2. The molecule has 0 bridgehead atoms. The quantitative estimate of drug-likeness (QED) is 0.545. The third-order valence-electron chi connectivity index (χ3n) is 3.09. The summed E-state index contributed by atoms with van der Waals surface area (Å²) in [6, 6.07) is 11.3. The summed E-state index contributed by atoms with van der Waals surface area (Å²) in [5.41, 5.74) is 7.58. The number of anilines is 1. The van der Waals surface area contributed by atoms with Crippen LogP contribution in [-0.4, -0.2) is 10.8 Å². The molecule has 3 nitrogen and oxygen atoms in total. The van der Waals surface area contributed by atoms with E-state index >= 15 is 0 Å². The Kier molecular flexibility index (Phi) is 2.56. The normalized spacial score (nSPS) is 10.8. The van der Waals surface area contributed by atoms with Crippen LogP contribution in [0.1, 0.15) is 15.9 Å². The maximum atomic E-state index is 13.0. The summed E-state index contributed by atoms with van der Waals surface area (Å²) in [5.74, 6) is -0.664. The first kappa shape index (κ1) is 11.5. The Morgan fingerprint density at radius 3 is 2.68 bits per heavy atom. The second-order valence-electron chi connectivity index (χ2n) is 4.31. The Bertz CT molecular complexity index is 777. The van der Waals surface area contributed by atoms with Crippen molar-refractivity contribution in [1.29, 1.82) is 0 Å². The molecule has 4 heteroatoms. The molecule has 0 aliphatic carbocycles. The van der Waals surface area contributed by atoms with Gasteiger partial charge in [-0.1, -0.05) is 18.2 Å². The highest BCUT2D eigenvalue weighted by Crippen LogP contribution is 2.23. The monoisotopic (exact) mass is 254 g/mol. The minimum Gasteiger partial charge on any atom is -0.398 e. The first-order valence-corrected chi connectivity index (χ1v) is 5.82. The zero-order chi connectivity index (χ0) is 13.4. The lowest BCUT2D eigenvalue weighted by Crippen LogP contribution is -2.05. The van der Waals surface area contributed by atoms with Crippen molar-refractivity contribution in [2.24, 2.45) is 0 Å². The topological polar surface area (TPSA) is 58.9 Å². The fourth-order valence-corrected chi connectivity index (χ4v) is 2.14. The first-order chi connectivity index (χ1) is 9.16. The summed E-state index contributed by atoms with van der Waals surface area (Å²) in [4.78, 5) is 15.5. The van der Waals surface area contributed by atoms with E-state index < -0.39 is 5.82 Å². The number of ketones is 1. The van der Waals surface area contributed by atoms with Crippen molar-refractivity contribution >= 4 is 22.4 Å². The number of aromatic amines is 1. The molecule has 0 aliphatic rings. The van der Waals surface area contributed by atoms with Crippen LogP contribution in [0.25, 0.3) is 10.9 Å². The Morgan fingerprint density at radius 1 is 1.11 bits per heavy atom. The van der Waals surface area contributed by atoms with E-state index in [9.17, 15) is 9.18 Å². The zero-order valence-corrected chi connectivity index (χ0v) is 9.98. The molecule has 0 amide bonds. The molecular weight excluding hydrogens is 243 g/mol. The second kappa shape index (κ2) is 4.24. The second-order valence-corrected chi connectivity index (χ2v) is 4.31. The lowest BCUT2D eigenvalue weighted by atomic mass is 10.0. The Hall–Kier alpha value is -2.62. The van der Waals surface area contributed by atoms with Gasteiger partial charge in [0.05, 0.1) is 0 Å². The molecule has 0 aliphatic heterocycles. The van der Waals surface area contributed by atoms with Gasteiger partial charge in [0.25, 0.3) is 0 Å². The number of H-pyrrole nitrogens is 1. The van der Waals surface area contributed by atoms with E-state index in [1.165, 1.54) is 12.1 Å². The Labute approximate surface area is 108 Å². The van der Waals surface area contributed by atoms with Crippen LogP contribution in [0.4, 0.5) is 10.1 Å². The van der Waals surface area contributed by atoms with Crippen molar-refractivity contribution in [1.82, 2.24) is 4.98 Å². The van der Waals surface area contributed by atoms with Crippen LogP contribution in [0.2, 0.25) is 0 Å². The van der Waals surface area contributed by atoms with Crippen LogP contribution in [0.15, 0.2) is 48.7 Å². The number of fused-ring (bicyclic) bond motifs is 1. The molecular formula is C15H11FN2O. The maximum Gasteiger partial charge on any atom is 0.197 e. The predicted molar refractivity (Wildman–Crippen MR) is 72.5 cm³/mol. The van der Waals surface area contributed by atoms with Gasteiger partial charge >= 0.3 is 0 Å². The van der Waals surface area contributed by atoms with Crippen molar-refractivity contribution in [2.75, 3.05) is 5.73 Å². The largest absolute Gasteiger partial charge is 0.398 e. The van der Waals surface area contributed by atoms with Gasteiger partial charge in [-0.25, -0.2) is 4.39 Å². The summed E-state index contributed by atoms with van der Waals surface area (Å²) >= 11 is 0. The molecule has 3 rings (SSSR count). The van der Waals surface area contributed by atoms with Gasteiger partial charge in [0, 0.05) is 33.9 Å². The molecule has 0 spiro atoms. The van der Waals surface area contributed by atoms with E-state index in [2.05, 4.69) is 4.98 Å². The van der Waals surface area contributed by atoms with Crippen LogP contribution >= 0.6 is 0 Å². The molecule has 1 aromatic heterocycles. The number of rotatable bonds is 2. The summed E-state index contributed by atoms with van der Waals surface area (Å²) < 4.78 is 13.0. The fraction of sp³-hybridized carbons (Fsp3) is 0. The highest BCUT2D eigenvalue weighted by atomic mass is 19.1. The van der Waals surface area contributed by atoms with Crippen LogP contribution in [0.3, 0.4) is 0 Å². The number of para-hydroxylation sites is 1. The SMILES string of the molecule is Nc1cc(F)ccc1C(=O)c1c[nH]c2ccccc12. The van der Waals surface area contributed by atoms with E-state index in [0.717, 1.165) is 17.0 Å². The fourth-order valence-electron chi connectivity index (χ4n) is 2.14. The number of nitrogen functional groups attached to an aromatic ring is 1. The lowest BCUT2D eigenvalue weighted by Gasteiger charge is -2.04. The third kappa shape index (κ3) is 1.87. The van der Waals surface area contributed by atoms with Crippen molar-refractivity contribution < 1.29 is 9.18 Å². The van der Waals surface area contributed by atoms with E-state index in [1.54, 1.807) is 6.20 Å². The van der Waals surface area contributed by atoms with Gasteiger partial charge in [0.2, 0.25) is 0 Å². The summed E-state index contributed by atoms with van der Waals surface area (Å²) in [6.45, 7) is 0. The minimum absolute atomic E-state index is 0.148. The van der Waals surface area contributed by atoms with Crippen molar-refractivity contribution in [2.45, 2.75) is 0 Å². The molecule has 0 unspecified atom stereocenters. The number of carbonyl (C=O) groups is 1. The van der Waals surface area contributed by atoms with E-state index in [4.69, 9.17) is 5.73 Å². The number of carbonyl (C=O) groups excluding carboxylic acids is 1. The standard InChI is InChI=1S/C15H11FN2O/c16-9-5-6-11(13(17)7-9)15(19)12-8-18-14-4-2-1-3-10(12)14/h1-8,18H,17H2. The molecule has 19 heavy (non-hydrogen) atoms. The summed E-state index contributed by atoms with van der Waals surface area (Å²) in [5, 5.41) is 0.830. The molecule has 0 saturated carbocycles. The molecule has 94 valence electrons. The van der Waals surface area contributed by atoms with E-state index in [1.807, 2.05) is 24.3 Å². The smallest absolute Gasteiger partial charge is 0.197 e. The molecule has 0 radical (unpaired) electrons. The maximum absolute atomic E-state index is 13.0. The number of hydrogen-bond donors (Lipinski definition) is 2. The number of nitrogens with two attached hydrogens (primary N) is 1. The van der Waals surface area contributed by atoms with Gasteiger partial charge in [-0.3, -0.25) is 4.79 Å². The minimum atomic E-state index is -0.451. The predicted octanol–water partition coefficient (Wildman–Crippen LogP) is 3.12. The average molecular weight is 254 g/mol. The van der Waals surface area contributed by atoms with Gasteiger partial charge in [0.1, 0.15) is 5.82 Å².